The van der Waals surface area contributed by atoms with Crippen molar-refractivity contribution in [1.82, 2.24) is 0 Å². The van der Waals surface area contributed by atoms with Crippen LogP contribution in [0, 0.1) is 5.92 Å². The third-order valence-corrected chi connectivity index (χ3v) is 4.44. The molecule has 0 amide bonds. The van der Waals surface area contributed by atoms with Crippen LogP contribution in [-0.2, 0) is 0 Å². The Labute approximate surface area is 114 Å². The first kappa shape index (κ1) is 13.2. The Kier molecular flexibility index (Phi) is 4.44. The summed E-state index contributed by atoms with van der Waals surface area (Å²) in [6.07, 6.45) is 2.22. The van der Waals surface area contributed by atoms with Gasteiger partial charge in [-0.1, -0.05) is 12.1 Å². The summed E-state index contributed by atoms with van der Waals surface area (Å²) in [5.41, 5.74) is 0. The molecule has 3 rings (SSSR count). The maximum absolute atomic E-state index is 11.3. The highest BCUT2D eigenvalue weighted by molar-refractivity contribution is 7.12. The van der Waals surface area contributed by atoms with Crippen molar-refractivity contribution < 1.29 is 9.59 Å². The number of hydrogen-bond donors (Lipinski definition) is 0. The van der Waals surface area contributed by atoms with E-state index in [1.54, 1.807) is 18.3 Å². The fourth-order valence-corrected chi connectivity index (χ4v) is 2.81. The normalized spacial score (nSPS) is 13.6. The van der Waals surface area contributed by atoms with Gasteiger partial charge in [0.25, 0.3) is 0 Å². The molecule has 1 fully saturated rings. The second kappa shape index (κ2) is 6.07. The highest BCUT2D eigenvalue weighted by atomic mass is 32.1. The topological polar surface area (TPSA) is 34.1 Å². The van der Waals surface area contributed by atoms with Gasteiger partial charge in [-0.25, -0.2) is 0 Å². The molecule has 2 heterocycles. The van der Waals surface area contributed by atoms with Gasteiger partial charge in [-0.3, -0.25) is 9.59 Å². The highest BCUT2D eigenvalue weighted by Gasteiger charge is 2.30. The number of carbonyl (C=O) groups is 2. The number of thiophene rings is 2. The van der Waals surface area contributed by atoms with E-state index in [1.807, 2.05) is 35.0 Å². The Morgan fingerprint density at radius 1 is 1.06 bits per heavy atom. The lowest BCUT2D eigenvalue weighted by Crippen LogP contribution is -1.96. The van der Waals surface area contributed by atoms with Gasteiger partial charge in [-0.05, 0) is 42.7 Å². The van der Waals surface area contributed by atoms with E-state index in [1.165, 1.54) is 11.3 Å². The summed E-state index contributed by atoms with van der Waals surface area (Å²) in [4.78, 5) is 23.6. The summed E-state index contributed by atoms with van der Waals surface area (Å²) in [7, 11) is 0. The number of hydrogen-bond acceptors (Lipinski definition) is 4. The molecule has 2 aromatic rings. The van der Waals surface area contributed by atoms with Crippen molar-refractivity contribution in [2.45, 2.75) is 19.8 Å². The minimum Gasteiger partial charge on any atom is -0.294 e. The molecule has 18 heavy (non-hydrogen) atoms. The van der Waals surface area contributed by atoms with Gasteiger partial charge in [0.1, 0.15) is 0 Å². The molecule has 1 saturated carbocycles. The molecule has 1 aliphatic rings. The van der Waals surface area contributed by atoms with Crippen molar-refractivity contribution in [3.63, 3.8) is 0 Å². The second-order valence-electron chi connectivity index (χ2n) is 4.15. The number of Topliss-reactive ketones (excluding diaryl/α,β-unsaturated/α-hetero) is 2. The molecular formula is C14H14O2S2. The van der Waals surface area contributed by atoms with Crippen LogP contribution in [0.1, 0.15) is 39.1 Å². The Morgan fingerprint density at radius 2 is 1.61 bits per heavy atom. The molecule has 4 heteroatoms. The molecule has 0 N–H and O–H groups in total. The van der Waals surface area contributed by atoms with Crippen molar-refractivity contribution in [2.75, 3.05) is 0 Å². The molecule has 94 valence electrons. The minimum atomic E-state index is 0.153. The lowest BCUT2D eigenvalue weighted by molar-refractivity contribution is 0.0970. The lowest BCUT2D eigenvalue weighted by atomic mass is 10.2. The van der Waals surface area contributed by atoms with Gasteiger partial charge in [0.2, 0.25) is 0 Å². The van der Waals surface area contributed by atoms with Crippen LogP contribution in [0.15, 0.2) is 35.0 Å². The molecular weight excluding hydrogens is 264 g/mol. The second-order valence-corrected chi connectivity index (χ2v) is 6.04. The fourth-order valence-electron chi connectivity index (χ4n) is 1.44. The molecule has 0 aliphatic heterocycles. The largest absolute Gasteiger partial charge is 0.294 e. The maximum atomic E-state index is 11.3. The van der Waals surface area contributed by atoms with Crippen LogP contribution < -0.4 is 0 Å². The molecule has 0 aromatic carbocycles. The first-order valence-corrected chi connectivity index (χ1v) is 7.56. The van der Waals surface area contributed by atoms with Crippen molar-refractivity contribution in [2.24, 2.45) is 5.92 Å². The smallest absolute Gasteiger partial charge is 0.175 e. The molecule has 2 aromatic heterocycles. The maximum Gasteiger partial charge on any atom is 0.175 e. The predicted molar refractivity (Wildman–Crippen MR) is 75.7 cm³/mol. The average Bonchev–Trinajstić information content (AvgIpc) is 2.88. The predicted octanol–water partition coefficient (Wildman–Crippen LogP) is 4.29. The van der Waals surface area contributed by atoms with Crippen LogP contribution in [0.5, 0.6) is 0 Å². The minimum absolute atomic E-state index is 0.153. The van der Waals surface area contributed by atoms with E-state index in [9.17, 15) is 9.59 Å². The SMILES string of the molecule is CC(=O)c1cccs1.O=C(c1cccs1)C1CC1. The highest BCUT2D eigenvalue weighted by Crippen LogP contribution is 2.33. The first-order valence-electron chi connectivity index (χ1n) is 5.80. The van der Waals surface area contributed by atoms with E-state index in [-0.39, 0.29) is 5.78 Å². The van der Waals surface area contributed by atoms with Crippen LogP contribution in [0.3, 0.4) is 0 Å². The third kappa shape index (κ3) is 3.62. The van der Waals surface area contributed by atoms with E-state index < -0.39 is 0 Å². The van der Waals surface area contributed by atoms with Gasteiger partial charge >= 0.3 is 0 Å². The van der Waals surface area contributed by atoms with Crippen LogP contribution in [0.25, 0.3) is 0 Å². The van der Waals surface area contributed by atoms with Crippen LogP contribution in [0.4, 0.5) is 0 Å². The zero-order valence-electron chi connectivity index (χ0n) is 10.1. The summed E-state index contributed by atoms with van der Waals surface area (Å²) >= 11 is 3.03. The molecule has 2 nitrogen and oxygen atoms in total. The summed E-state index contributed by atoms with van der Waals surface area (Å²) in [6, 6.07) is 7.54. The molecule has 1 aliphatic carbocycles. The molecule has 0 bridgehead atoms. The van der Waals surface area contributed by atoms with Gasteiger partial charge in [0, 0.05) is 5.92 Å². The fraction of sp³-hybridized carbons (Fsp3) is 0.286. The van der Waals surface area contributed by atoms with Crippen molar-refractivity contribution in [3.05, 3.63) is 44.8 Å². The summed E-state index contributed by atoms with van der Waals surface area (Å²) in [5.74, 6) is 0.883. The van der Waals surface area contributed by atoms with Gasteiger partial charge in [-0.2, -0.15) is 0 Å². The van der Waals surface area contributed by atoms with Gasteiger partial charge in [0.15, 0.2) is 11.6 Å². The van der Waals surface area contributed by atoms with Gasteiger partial charge in [-0.15, -0.1) is 22.7 Å². The first-order chi connectivity index (χ1) is 8.68. The number of carbonyl (C=O) groups excluding carboxylic acids is 2. The van der Waals surface area contributed by atoms with E-state index in [2.05, 4.69) is 0 Å². The zero-order chi connectivity index (χ0) is 13.0. The zero-order valence-corrected chi connectivity index (χ0v) is 11.7. The van der Waals surface area contributed by atoms with Gasteiger partial charge in [0.05, 0.1) is 9.75 Å². The Balaban J connectivity index is 0.000000138. The van der Waals surface area contributed by atoms with E-state index in [0.717, 1.165) is 22.6 Å². The van der Waals surface area contributed by atoms with E-state index in [0.29, 0.717) is 11.7 Å². The quantitative estimate of drug-likeness (QED) is 0.785. The number of rotatable bonds is 3. The van der Waals surface area contributed by atoms with Crippen molar-refractivity contribution >= 4 is 34.2 Å². The summed E-state index contributed by atoms with van der Waals surface area (Å²) in [5, 5.41) is 3.85. The average molecular weight is 278 g/mol. The lowest BCUT2D eigenvalue weighted by Gasteiger charge is -1.88. The van der Waals surface area contributed by atoms with Crippen LogP contribution in [0.2, 0.25) is 0 Å². The molecule has 0 spiro atoms. The monoisotopic (exact) mass is 278 g/mol. The van der Waals surface area contributed by atoms with Crippen LogP contribution in [-0.4, -0.2) is 11.6 Å². The molecule has 0 radical (unpaired) electrons. The van der Waals surface area contributed by atoms with Crippen LogP contribution >= 0.6 is 22.7 Å². The Bertz CT molecular complexity index is 508. The standard InChI is InChI=1S/C8H8OS.C6H6OS/c9-8(6-3-4-6)7-2-1-5-10-7;1-5(7)6-3-2-4-8-6/h1-2,5-6H,3-4H2;2-4H,1H3. The number of ketones is 2. The Hall–Kier alpha value is -1.26. The van der Waals surface area contributed by atoms with E-state index >= 15 is 0 Å². The van der Waals surface area contributed by atoms with Gasteiger partial charge < -0.3 is 0 Å². The summed E-state index contributed by atoms with van der Waals surface area (Å²) in [6.45, 7) is 1.58. The third-order valence-electron chi connectivity index (χ3n) is 2.58. The summed E-state index contributed by atoms with van der Waals surface area (Å²) < 4.78 is 0. The Morgan fingerprint density at radius 3 is 1.94 bits per heavy atom. The molecule has 0 saturated heterocycles. The van der Waals surface area contributed by atoms with Crippen molar-refractivity contribution in [3.8, 4) is 0 Å². The molecule has 0 atom stereocenters. The van der Waals surface area contributed by atoms with E-state index in [4.69, 9.17) is 0 Å². The molecule has 0 unspecified atom stereocenters. The van der Waals surface area contributed by atoms with Crippen molar-refractivity contribution in [1.29, 1.82) is 0 Å².